The Morgan fingerprint density at radius 3 is 2.30 bits per heavy atom. The molecule has 0 aliphatic carbocycles. The minimum atomic E-state index is -1.99. The normalized spacial score (nSPS) is 13.0. The van der Waals surface area contributed by atoms with Crippen LogP contribution < -0.4 is 5.32 Å². The van der Waals surface area contributed by atoms with Gasteiger partial charge in [0, 0.05) is 18.6 Å². The molecule has 1 aromatic carbocycles. The summed E-state index contributed by atoms with van der Waals surface area (Å²) in [5.41, 5.74) is 0.410. The number of carbonyl (C=O) groups excluding carboxylic acids is 2. The highest BCUT2D eigenvalue weighted by Gasteiger charge is 2.37. The van der Waals surface area contributed by atoms with Gasteiger partial charge in [-0.2, -0.15) is 0 Å². The monoisotopic (exact) mass is 395 g/mol. The van der Waals surface area contributed by atoms with Crippen LogP contribution in [0.3, 0.4) is 0 Å². The second-order valence-electron chi connectivity index (χ2n) is 7.83. The Labute approximate surface area is 161 Å². The molecule has 0 saturated carbocycles. The zero-order valence-electron chi connectivity index (χ0n) is 16.8. The highest BCUT2D eigenvalue weighted by molar-refractivity contribution is 6.74. The maximum Gasteiger partial charge on any atom is 0.337 e. The van der Waals surface area contributed by atoms with Gasteiger partial charge in [-0.1, -0.05) is 26.8 Å². The van der Waals surface area contributed by atoms with Gasteiger partial charge in [0.25, 0.3) is 5.91 Å². The number of rotatable bonds is 8. The largest absolute Gasteiger partial charge is 0.480 e. The first-order chi connectivity index (χ1) is 12.4. The number of carboxylic acids is 1. The summed E-state index contributed by atoms with van der Waals surface area (Å²) in [5, 5.41) is 11.9. The number of nitrogens with one attached hydrogen (secondary N) is 1. The van der Waals surface area contributed by atoms with Crippen LogP contribution in [0.5, 0.6) is 0 Å². The van der Waals surface area contributed by atoms with Gasteiger partial charge < -0.3 is 19.6 Å². The quantitative estimate of drug-likeness (QED) is 0.518. The van der Waals surface area contributed by atoms with Crippen LogP contribution in [0.25, 0.3) is 0 Å². The number of benzene rings is 1. The van der Waals surface area contributed by atoms with Crippen molar-refractivity contribution in [3.8, 4) is 0 Å². The fraction of sp³-hybridized carbons (Fsp3) is 0.526. The van der Waals surface area contributed by atoms with E-state index in [1.165, 1.54) is 31.4 Å². The molecule has 0 unspecified atom stereocenters. The van der Waals surface area contributed by atoms with E-state index < -0.39 is 32.2 Å². The molecule has 0 radical (unpaired) electrons. The maximum absolute atomic E-state index is 12.4. The van der Waals surface area contributed by atoms with Gasteiger partial charge in [-0.25, -0.2) is 9.59 Å². The molecule has 1 atom stereocenters. The van der Waals surface area contributed by atoms with Crippen molar-refractivity contribution in [1.82, 2.24) is 5.32 Å². The van der Waals surface area contributed by atoms with Gasteiger partial charge in [0.15, 0.2) is 8.32 Å². The summed E-state index contributed by atoms with van der Waals surface area (Å²) in [5.74, 6) is -2.27. The van der Waals surface area contributed by atoms with Gasteiger partial charge in [0.05, 0.1) is 12.7 Å². The Hall–Kier alpha value is -2.19. The third kappa shape index (κ3) is 6.48. The molecule has 1 amide bonds. The molecular formula is C19H29NO6Si. The number of aliphatic carboxylic acids is 1. The third-order valence-electron chi connectivity index (χ3n) is 4.82. The highest BCUT2D eigenvalue weighted by atomic mass is 28.4. The summed E-state index contributed by atoms with van der Waals surface area (Å²) in [4.78, 5) is 35.5. The average Bonchev–Trinajstić information content (AvgIpc) is 2.58. The summed E-state index contributed by atoms with van der Waals surface area (Å²) < 4.78 is 10.6. The number of amides is 1. The standard InChI is InChI=1S/C19H29NO6Si/c1-19(2,3)27(5,6)26-11-10-15(17(22)23)20-16(21)13-8-7-9-14(12-13)18(24)25-4/h7-9,12,15H,10-11H2,1-6H3,(H,20,21)(H,22,23)/t15-/m1/s1. The van der Waals surface area contributed by atoms with Crippen molar-refractivity contribution in [2.24, 2.45) is 0 Å². The number of hydrogen-bond donors (Lipinski definition) is 2. The van der Waals surface area contributed by atoms with Gasteiger partial charge in [-0.3, -0.25) is 4.79 Å². The molecule has 150 valence electrons. The number of ether oxygens (including phenoxy) is 1. The molecule has 8 heteroatoms. The molecule has 0 bridgehead atoms. The lowest BCUT2D eigenvalue weighted by atomic mass is 10.1. The zero-order chi connectivity index (χ0) is 20.8. The first-order valence-corrected chi connectivity index (χ1v) is 11.7. The minimum absolute atomic E-state index is 0.0172. The van der Waals surface area contributed by atoms with Gasteiger partial charge in [-0.05, 0) is 36.3 Å². The van der Waals surface area contributed by atoms with Crippen LogP contribution >= 0.6 is 0 Å². The molecule has 0 aliphatic heterocycles. The van der Waals surface area contributed by atoms with Crippen molar-refractivity contribution < 1.29 is 28.7 Å². The molecule has 1 rings (SSSR count). The lowest BCUT2D eigenvalue weighted by molar-refractivity contribution is -0.139. The maximum atomic E-state index is 12.4. The van der Waals surface area contributed by atoms with Gasteiger partial charge in [-0.15, -0.1) is 0 Å². The van der Waals surface area contributed by atoms with E-state index in [9.17, 15) is 19.5 Å². The van der Waals surface area contributed by atoms with Crippen LogP contribution in [0, 0.1) is 0 Å². The van der Waals surface area contributed by atoms with Crippen LogP contribution in [-0.4, -0.2) is 51.0 Å². The van der Waals surface area contributed by atoms with Crippen molar-refractivity contribution in [3.05, 3.63) is 35.4 Å². The SMILES string of the molecule is COC(=O)c1cccc(C(=O)N[C@H](CCO[Si](C)(C)C(C)(C)C)C(=O)O)c1. The first kappa shape index (κ1) is 22.8. The summed E-state index contributed by atoms with van der Waals surface area (Å²) in [6.45, 7) is 10.7. The zero-order valence-corrected chi connectivity index (χ0v) is 17.8. The van der Waals surface area contributed by atoms with E-state index in [0.29, 0.717) is 0 Å². The summed E-state index contributed by atoms with van der Waals surface area (Å²) in [6, 6.07) is 4.85. The number of esters is 1. The van der Waals surface area contributed by atoms with Gasteiger partial charge in [0.2, 0.25) is 0 Å². The lowest BCUT2D eigenvalue weighted by Crippen LogP contribution is -2.44. The van der Waals surface area contributed by atoms with Crippen molar-refractivity contribution >= 4 is 26.2 Å². The Balaban J connectivity index is 2.76. The molecule has 27 heavy (non-hydrogen) atoms. The Morgan fingerprint density at radius 2 is 1.78 bits per heavy atom. The van der Waals surface area contributed by atoms with E-state index in [1.807, 2.05) is 0 Å². The number of carbonyl (C=O) groups is 3. The molecule has 0 aromatic heterocycles. The van der Waals surface area contributed by atoms with E-state index >= 15 is 0 Å². The number of carboxylic acid groups (broad SMARTS) is 1. The highest BCUT2D eigenvalue weighted by Crippen LogP contribution is 2.36. The van der Waals surface area contributed by atoms with Gasteiger partial charge in [0.1, 0.15) is 6.04 Å². The predicted octanol–water partition coefficient (Wildman–Crippen LogP) is 3.07. The molecule has 0 heterocycles. The van der Waals surface area contributed by atoms with E-state index in [-0.39, 0.29) is 29.2 Å². The summed E-state index contributed by atoms with van der Waals surface area (Å²) in [6.07, 6.45) is 0.157. The molecule has 0 saturated heterocycles. The van der Waals surface area contributed by atoms with Crippen molar-refractivity contribution in [2.45, 2.75) is 51.4 Å². The fourth-order valence-electron chi connectivity index (χ4n) is 2.05. The lowest BCUT2D eigenvalue weighted by Gasteiger charge is -2.36. The van der Waals surface area contributed by atoms with Crippen molar-refractivity contribution in [2.75, 3.05) is 13.7 Å². The molecule has 7 nitrogen and oxygen atoms in total. The van der Waals surface area contributed by atoms with Crippen LogP contribution in [-0.2, 0) is 14.0 Å². The molecule has 0 fully saturated rings. The topological polar surface area (TPSA) is 102 Å². The Kier molecular flexibility index (Phi) is 7.73. The third-order valence-corrected chi connectivity index (χ3v) is 9.36. The smallest absolute Gasteiger partial charge is 0.337 e. The second-order valence-corrected chi connectivity index (χ2v) is 12.6. The minimum Gasteiger partial charge on any atom is -0.480 e. The van der Waals surface area contributed by atoms with Crippen molar-refractivity contribution in [1.29, 1.82) is 0 Å². The van der Waals surface area contributed by atoms with E-state index in [1.54, 1.807) is 0 Å². The van der Waals surface area contributed by atoms with Crippen LogP contribution in [0.4, 0.5) is 0 Å². The Bertz CT molecular complexity index is 696. The van der Waals surface area contributed by atoms with E-state index in [0.717, 1.165) is 0 Å². The average molecular weight is 396 g/mol. The first-order valence-electron chi connectivity index (χ1n) is 8.75. The van der Waals surface area contributed by atoms with E-state index in [2.05, 4.69) is 43.9 Å². The molecule has 0 aliphatic rings. The Morgan fingerprint density at radius 1 is 1.19 bits per heavy atom. The predicted molar refractivity (Wildman–Crippen MR) is 104 cm³/mol. The number of methoxy groups -OCH3 is 1. The van der Waals surface area contributed by atoms with Crippen LogP contribution in [0.1, 0.15) is 47.9 Å². The molecule has 0 spiro atoms. The molecular weight excluding hydrogens is 366 g/mol. The molecule has 1 aromatic rings. The fourth-order valence-corrected chi connectivity index (χ4v) is 3.11. The summed E-state index contributed by atoms with van der Waals surface area (Å²) >= 11 is 0. The second kappa shape index (κ2) is 9.14. The van der Waals surface area contributed by atoms with Crippen LogP contribution in [0.2, 0.25) is 18.1 Å². The van der Waals surface area contributed by atoms with Crippen molar-refractivity contribution in [3.63, 3.8) is 0 Å². The summed E-state index contributed by atoms with van der Waals surface area (Å²) in [7, 11) is -0.744. The number of hydrogen-bond acceptors (Lipinski definition) is 5. The van der Waals surface area contributed by atoms with E-state index in [4.69, 9.17) is 4.43 Å². The van der Waals surface area contributed by atoms with Crippen LogP contribution in [0.15, 0.2) is 24.3 Å². The molecule has 2 N–H and O–H groups in total. The van der Waals surface area contributed by atoms with Gasteiger partial charge >= 0.3 is 11.9 Å².